The van der Waals surface area contributed by atoms with Crippen molar-refractivity contribution < 1.29 is 17.1 Å². The molecule has 0 aliphatic carbocycles. The lowest BCUT2D eigenvalue weighted by Crippen LogP contribution is -2.37. The maximum absolute atomic E-state index is 10.5. The van der Waals surface area contributed by atoms with Crippen LogP contribution in [0.4, 0.5) is 0 Å². The number of hydrogen-bond acceptors (Lipinski definition) is 3. The van der Waals surface area contributed by atoms with Crippen LogP contribution in [0.25, 0.3) is 0 Å². The Morgan fingerprint density at radius 1 is 1.36 bits per heavy atom. The molecule has 11 heavy (non-hydrogen) atoms. The molecule has 0 aromatic rings. The molecular formula is C5H15NO3PS+. The van der Waals surface area contributed by atoms with Gasteiger partial charge >= 0.3 is 0 Å². The molecule has 1 unspecified atom stereocenters. The van der Waals surface area contributed by atoms with Gasteiger partial charge in [-0.2, -0.15) is 8.42 Å². The van der Waals surface area contributed by atoms with Crippen LogP contribution in [-0.4, -0.2) is 47.2 Å². The maximum atomic E-state index is 10.5. The van der Waals surface area contributed by atoms with Gasteiger partial charge in [0.15, 0.2) is 0 Å². The lowest BCUT2D eigenvalue weighted by Gasteiger charge is -2.22. The Morgan fingerprint density at radius 3 is 2.09 bits per heavy atom. The van der Waals surface area contributed by atoms with E-state index in [9.17, 15) is 8.42 Å². The first kappa shape index (κ1) is 11.3. The van der Waals surface area contributed by atoms with E-state index in [1.165, 1.54) is 0 Å². The Bertz CT molecular complexity index is 206. The van der Waals surface area contributed by atoms with Gasteiger partial charge in [-0.1, -0.05) is 0 Å². The summed E-state index contributed by atoms with van der Waals surface area (Å²) in [6.07, 6.45) is 0. The highest BCUT2D eigenvalue weighted by Crippen LogP contribution is 2.02. The van der Waals surface area contributed by atoms with Crippen LogP contribution >= 0.6 is 8.44 Å². The molecule has 0 fully saturated rings. The van der Waals surface area contributed by atoms with Crippen molar-refractivity contribution in [1.29, 1.82) is 0 Å². The quantitative estimate of drug-likeness (QED) is 0.467. The second-order valence-electron chi connectivity index (χ2n) is 3.33. The summed E-state index contributed by atoms with van der Waals surface area (Å²) in [6.45, 7) is 0.906. The molecule has 0 N–H and O–H groups in total. The van der Waals surface area contributed by atoms with Crippen LogP contribution in [0.5, 0.6) is 0 Å². The van der Waals surface area contributed by atoms with Crippen LogP contribution in [0, 0.1) is 0 Å². The summed E-state index contributed by atoms with van der Waals surface area (Å²) >= 11 is 0. The summed E-state index contributed by atoms with van der Waals surface area (Å²) in [5.74, 6) is 0. The van der Waals surface area contributed by atoms with Crippen molar-refractivity contribution in [3.05, 3.63) is 0 Å². The molecule has 0 aromatic carbocycles. The Kier molecular flexibility index (Phi) is 3.91. The molecule has 68 valence electrons. The molecule has 0 saturated heterocycles. The van der Waals surface area contributed by atoms with E-state index in [2.05, 4.69) is 4.18 Å². The number of rotatable bonds is 4. The maximum Gasteiger partial charge on any atom is 0.277 e. The highest BCUT2D eigenvalue weighted by atomic mass is 32.7. The fourth-order valence-corrected chi connectivity index (χ4v) is 1.02. The summed E-state index contributed by atoms with van der Waals surface area (Å²) in [5.41, 5.74) is 0. The Hall–Kier alpha value is 0.300. The monoisotopic (exact) mass is 200 g/mol. The Labute approximate surface area is 70.2 Å². The van der Waals surface area contributed by atoms with Gasteiger partial charge in [0.2, 0.25) is 0 Å². The van der Waals surface area contributed by atoms with E-state index in [4.69, 9.17) is 0 Å². The third-order valence-corrected chi connectivity index (χ3v) is 1.91. The third-order valence-electron chi connectivity index (χ3n) is 1.01. The second kappa shape index (κ2) is 3.81. The van der Waals surface area contributed by atoms with Crippen molar-refractivity contribution >= 4 is 18.2 Å². The minimum atomic E-state index is -3.34. The summed E-state index contributed by atoms with van der Waals surface area (Å²) in [6, 6.07) is 0. The van der Waals surface area contributed by atoms with E-state index < -0.39 is 9.74 Å². The highest BCUT2D eigenvalue weighted by Gasteiger charge is 2.09. The van der Waals surface area contributed by atoms with E-state index in [0.29, 0.717) is 11.0 Å². The van der Waals surface area contributed by atoms with Gasteiger partial charge in [-0.05, 0) is 0 Å². The van der Waals surface area contributed by atoms with Crippen molar-refractivity contribution in [2.24, 2.45) is 0 Å². The van der Waals surface area contributed by atoms with Gasteiger partial charge < -0.3 is 4.48 Å². The minimum absolute atomic E-state index is 0.231. The van der Waals surface area contributed by atoms with Crippen LogP contribution in [0.3, 0.4) is 0 Å². The van der Waals surface area contributed by atoms with E-state index in [1.807, 2.05) is 21.1 Å². The molecule has 0 aliphatic rings. The van der Waals surface area contributed by atoms with E-state index >= 15 is 0 Å². The van der Waals surface area contributed by atoms with Gasteiger partial charge in [-0.3, -0.25) is 4.18 Å². The van der Waals surface area contributed by atoms with Crippen molar-refractivity contribution in [2.45, 2.75) is 0 Å². The fourth-order valence-electron chi connectivity index (χ4n) is 0.427. The SMILES string of the molecule is C[N+](C)(C)CCOS(=O)(=O)P. The molecule has 4 nitrogen and oxygen atoms in total. The van der Waals surface area contributed by atoms with Crippen LogP contribution in [0.2, 0.25) is 0 Å². The molecule has 6 heteroatoms. The van der Waals surface area contributed by atoms with Crippen molar-refractivity contribution in [3.8, 4) is 0 Å². The average molecular weight is 200 g/mol. The van der Waals surface area contributed by atoms with Crippen molar-refractivity contribution in [1.82, 2.24) is 0 Å². The van der Waals surface area contributed by atoms with Gasteiger partial charge in [-0.25, -0.2) is 0 Å². The predicted octanol–water partition coefficient (Wildman–Crippen LogP) is -0.171. The molecule has 0 spiro atoms. The van der Waals surface area contributed by atoms with Gasteiger partial charge in [0.1, 0.15) is 13.2 Å². The van der Waals surface area contributed by atoms with Crippen LogP contribution < -0.4 is 0 Å². The van der Waals surface area contributed by atoms with Crippen LogP contribution in [0.1, 0.15) is 0 Å². The number of likely N-dealkylation sites (N-methyl/N-ethyl adjacent to an activating group) is 1. The molecule has 0 saturated carbocycles. The van der Waals surface area contributed by atoms with Gasteiger partial charge in [0, 0.05) is 8.44 Å². The largest absolute Gasteiger partial charge is 0.329 e. The summed E-state index contributed by atoms with van der Waals surface area (Å²) in [7, 11) is 4.22. The van der Waals surface area contributed by atoms with Crippen LogP contribution in [-0.2, 0) is 13.9 Å². The van der Waals surface area contributed by atoms with E-state index in [0.717, 1.165) is 0 Å². The molecular weight excluding hydrogens is 185 g/mol. The summed E-state index contributed by atoms with van der Waals surface area (Å²) in [4.78, 5) is 0. The standard InChI is InChI=1S/C5H15NO3PS/c1-6(2,3)4-5-9-11(7,8)10/h4-5,10H2,1-3H3/q+1. The van der Waals surface area contributed by atoms with E-state index in [1.54, 1.807) is 8.44 Å². The first-order valence-electron chi connectivity index (χ1n) is 3.18. The number of nitrogens with zero attached hydrogens (tertiary/aromatic N) is 1. The molecule has 0 aromatic heterocycles. The topological polar surface area (TPSA) is 43.4 Å². The zero-order chi connectivity index (χ0) is 9.12. The predicted molar refractivity (Wildman–Crippen MR) is 47.5 cm³/mol. The summed E-state index contributed by atoms with van der Waals surface area (Å²) < 4.78 is 26.1. The first-order chi connectivity index (χ1) is 4.71. The fraction of sp³-hybridized carbons (Fsp3) is 1.00. The molecule has 0 aliphatic heterocycles. The molecule has 0 rings (SSSR count). The number of hydrogen-bond donors (Lipinski definition) is 0. The van der Waals surface area contributed by atoms with E-state index in [-0.39, 0.29) is 6.61 Å². The Balaban J connectivity index is 3.61. The van der Waals surface area contributed by atoms with Gasteiger partial charge in [0.05, 0.1) is 21.1 Å². The van der Waals surface area contributed by atoms with Gasteiger partial charge in [0.25, 0.3) is 9.74 Å². The molecule has 1 atom stereocenters. The lowest BCUT2D eigenvalue weighted by molar-refractivity contribution is -0.870. The lowest BCUT2D eigenvalue weighted by atomic mass is 10.5. The average Bonchev–Trinajstić information content (AvgIpc) is 1.55. The molecule has 0 heterocycles. The van der Waals surface area contributed by atoms with Crippen LogP contribution in [0.15, 0.2) is 0 Å². The van der Waals surface area contributed by atoms with Crippen molar-refractivity contribution in [2.75, 3.05) is 34.3 Å². The van der Waals surface area contributed by atoms with Crippen molar-refractivity contribution in [3.63, 3.8) is 0 Å². The highest BCUT2D eigenvalue weighted by molar-refractivity contribution is 8.34. The third kappa shape index (κ3) is 10.3. The zero-order valence-corrected chi connectivity index (χ0v) is 9.04. The molecule has 0 radical (unpaired) electrons. The molecule has 0 amide bonds. The summed E-state index contributed by atoms with van der Waals surface area (Å²) in [5, 5.41) is 0. The zero-order valence-electron chi connectivity index (χ0n) is 7.07. The molecule has 0 bridgehead atoms. The second-order valence-corrected chi connectivity index (χ2v) is 6.28. The number of quaternary nitrogens is 1. The normalized spacial score (nSPS) is 13.5. The van der Waals surface area contributed by atoms with Gasteiger partial charge in [-0.15, -0.1) is 0 Å². The minimum Gasteiger partial charge on any atom is -0.329 e. The Morgan fingerprint density at radius 2 is 1.82 bits per heavy atom. The first-order valence-corrected chi connectivity index (χ1v) is 6.07. The smallest absolute Gasteiger partial charge is 0.277 e.